The summed E-state index contributed by atoms with van der Waals surface area (Å²) in [6, 6.07) is 7.99. The van der Waals surface area contributed by atoms with Gasteiger partial charge in [-0.2, -0.15) is 0 Å². The summed E-state index contributed by atoms with van der Waals surface area (Å²) >= 11 is 0. The van der Waals surface area contributed by atoms with Crippen LogP contribution >= 0.6 is 0 Å². The highest BCUT2D eigenvalue weighted by atomic mass is 16.6. The average molecular weight is 336 g/mol. The lowest BCUT2D eigenvalue weighted by molar-refractivity contribution is 0.171. The molecule has 1 aromatic heterocycles. The number of aromatic amines is 1. The standard InChI is InChI=1S/C20H20N2O3/c1-12-8-13(2)21-15(12)10-17-19(23-3)11-16(22-17)14-4-5-18-20(9-14)25-7-6-24-18/h4-5,8-11,21H,6-7H2,1-3H3/b17-10+. The first-order valence-electron chi connectivity index (χ1n) is 8.27. The second kappa shape index (κ2) is 6.16. The van der Waals surface area contributed by atoms with E-state index < -0.39 is 0 Å². The van der Waals surface area contributed by atoms with Gasteiger partial charge in [0.2, 0.25) is 0 Å². The van der Waals surface area contributed by atoms with Crippen LogP contribution in [0.15, 0.2) is 46.8 Å². The van der Waals surface area contributed by atoms with Gasteiger partial charge in [0, 0.05) is 23.0 Å². The molecule has 2 aromatic rings. The summed E-state index contributed by atoms with van der Waals surface area (Å²) in [5.74, 6) is 2.28. The van der Waals surface area contributed by atoms with Gasteiger partial charge in [0.05, 0.1) is 12.8 Å². The number of allylic oxidation sites excluding steroid dienone is 1. The highest BCUT2D eigenvalue weighted by Crippen LogP contribution is 2.33. The molecule has 3 heterocycles. The molecule has 0 spiro atoms. The fourth-order valence-corrected chi connectivity index (χ4v) is 3.07. The van der Waals surface area contributed by atoms with E-state index in [-0.39, 0.29) is 0 Å². The van der Waals surface area contributed by atoms with Crippen LogP contribution in [-0.4, -0.2) is 31.0 Å². The number of aromatic nitrogens is 1. The third-order valence-electron chi connectivity index (χ3n) is 4.29. The molecule has 5 nitrogen and oxygen atoms in total. The molecule has 0 amide bonds. The Labute approximate surface area is 146 Å². The second-order valence-electron chi connectivity index (χ2n) is 6.15. The molecule has 0 unspecified atom stereocenters. The lowest BCUT2D eigenvalue weighted by Crippen LogP contribution is -2.15. The zero-order valence-electron chi connectivity index (χ0n) is 14.6. The van der Waals surface area contributed by atoms with E-state index in [1.165, 1.54) is 5.56 Å². The summed E-state index contributed by atoms with van der Waals surface area (Å²) in [5.41, 5.74) is 5.98. The van der Waals surface area contributed by atoms with Gasteiger partial charge in [0.15, 0.2) is 11.5 Å². The Kier molecular flexibility index (Phi) is 3.84. The molecular weight excluding hydrogens is 316 g/mol. The lowest BCUT2D eigenvalue weighted by Gasteiger charge is -2.18. The van der Waals surface area contributed by atoms with Gasteiger partial charge in [0.1, 0.15) is 24.7 Å². The summed E-state index contributed by atoms with van der Waals surface area (Å²) in [4.78, 5) is 8.10. The maximum Gasteiger partial charge on any atom is 0.162 e. The number of hydrogen-bond donors (Lipinski definition) is 1. The number of ether oxygens (including phenoxy) is 3. The molecule has 128 valence electrons. The molecule has 4 rings (SSSR count). The van der Waals surface area contributed by atoms with Crippen molar-refractivity contribution in [2.75, 3.05) is 20.3 Å². The minimum absolute atomic E-state index is 0.568. The summed E-state index contributed by atoms with van der Waals surface area (Å²) in [5, 5.41) is 0. The SMILES string of the molecule is COC1=CC(c2ccc3c(c2)OCCO3)=N/C1=C/c1[nH]c(C)cc1C. The van der Waals surface area contributed by atoms with Crippen molar-refractivity contribution >= 4 is 11.8 Å². The van der Waals surface area contributed by atoms with Crippen molar-refractivity contribution in [2.24, 2.45) is 4.99 Å². The fraction of sp³-hybridized carbons (Fsp3) is 0.250. The molecular formula is C20H20N2O3. The van der Waals surface area contributed by atoms with Crippen LogP contribution in [0.4, 0.5) is 0 Å². The Balaban J connectivity index is 1.71. The normalized spacial score (nSPS) is 17.5. The zero-order valence-corrected chi connectivity index (χ0v) is 14.6. The maximum absolute atomic E-state index is 5.67. The number of H-pyrrole nitrogens is 1. The van der Waals surface area contributed by atoms with Gasteiger partial charge in [-0.3, -0.25) is 0 Å². The molecule has 2 aliphatic rings. The van der Waals surface area contributed by atoms with Gasteiger partial charge in [-0.15, -0.1) is 0 Å². The monoisotopic (exact) mass is 336 g/mol. The summed E-state index contributed by atoms with van der Waals surface area (Å²) in [6.07, 6.45) is 3.96. The van der Waals surface area contributed by atoms with Crippen molar-refractivity contribution in [3.8, 4) is 11.5 Å². The average Bonchev–Trinajstić information content (AvgIpc) is 3.17. The van der Waals surface area contributed by atoms with E-state index in [0.29, 0.717) is 13.2 Å². The zero-order chi connectivity index (χ0) is 17.4. The largest absolute Gasteiger partial charge is 0.494 e. The molecule has 1 N–H and O–H groups in total. The van der Waals surface area contributed by atoms with Gasteiger partial charge in [-0.1, -0.05) is 0 Å². The van der Waals surface area contributed by atoms with Crippen LogP contribution < -0.4 is 9.47 Å². The molecule has 0 saturated carbocycles. The highest BCUT2D eigenvalue weighted by Gasteiger charge is 2.19. The topological polar surface area (TPSA) is 55.8 Å². The number of aryl methyl sites for hydroxylation is 2. The van der Waals surface area contributed by atoms with Crippen LogP contribution in [0.5, 0.6) is 11.5 Å². The van der Waals surface area contributed by atoms with Crippen molar-refractivity contribution in [2.45, 2.75) is 13.8 Å². The van der Waals surface area contributed by atoms with Crippen LogP contribution in [0.1, 0.15) is 22.5 Å². The van der Waals surface area contributed by atoms with Crippen LogP contribution in [0.25, 0.3) is 6.08 Å². The van der Waals surface area contributed by atoms with Crippen molar-refractivity contribution < 1.29 is 14.2 Å². The molecule has 0 saturated heterocycles. The van der Waals surface area contributed by atoms with Gasteiger partial charge in [-0.25, -0.2) is 4.99 Å². The molecule has 1 aromatic carbocycles. The van der Waals surface area contributed by atoms with E-state index in [4.69, 9.17) is 19.2 Å². The number of rotatable bonds is 3. The van der Waals surface area contributed by atoms with Crippen molar-refractivity contribution in [1.82, 2.24) is 4.98 Å². The maximum atomic E-state index is 5.67. The Bertz CT molecular complexity index is 919. The van der Waals surface area contributed by atoms with E-state index in [9.17, 15) is 0 Å². The quantitative estimate of drug-likeness (QED) is 0.928. The molecule has 5 heteroatoms. The van der Waals surface area contributed by atoms with E-state index >= 15 is 0 Å². The number of aliphatic imine (C=N–C) groups is 1. The van der Waals surface area contributed by atoms with Crippen molar-refractivity contribution in [3.63, 3.8) is 0 Å². The van der Waals surface area contributed by atoms with E-state index in [2.05, 4.69) is 18.0 Å². The molecule has 0 fully saturated rings. The minimum atomic E-state index is 0.568. The molecule has 0 atom stereocenters. The van der Waals surface area contributed by atoms with Crippen molar-refractivity contribution in [3.05, 3.63) is 64.3 Å². The second-order valence-corrected chi connectivity index (χ2v) is 6.15. The molecule has 0 radical (unpaired) electrons. The Morgan fingerprint density at radius 2 is 1.92 bits per heavy atom. The fourth-order valence-electron chi connectivity index (χ4n) is 3.07. The first-order chi connectivity index (χ1) is 12.1. The smallest absolute Gasteiger partial charge is 0.162 e. The lowest BCUT2D eigenvalue weighted by atomic mass is 10.1. The van der Waals surface area contributed by atoms with Gasteiger partial charge in [0.25, 0.3) is 0 Å². The number of methoxy groups -OCH3 is 1. The number of hydrogen-bond acceptors (Lipinski definition) is 4. The van der Waals surface area contributed by atoms with E-state index in [0.717, 1.165) is 45.6 Å². The van der Waals surface area contributed by atoms with Gasteiger partial charge >= 0.3 is 0 Å². The van der Waals surface area contributed by atoms with Gasteiger partial charge in [-0.05, 0) is 49.8 Å². The molecule has 25 heavy (non-hydrogen) atoms. The molecule has 0 bridgehead atoms. The first-order valence-corrected chi connectivity index (χ1v) is 8.27. The summed E-state index contributed by atoms with van der Waals surface area (Å²) in [6.45, 7) is 5.27. The number of nitrogens with zero attached hydrogens (tertiary/aromatic N) is 1. The van der Waals surface area contributed by atoms with E-state index in [1.54, 1.807) is 7.11 Å². The Morgan fingerprint density at radius 1 is 1.12 bits per heavy atom. The predicted octanol–water partition coefficient (Wildman–Crippen LogP) is 3.78. The Hall–Kier alpha value is -2.95. The van der Waals surface area contributed by atoms with Gasteiger partial charge < -0.3 is 19.2 Å². The first kappa shape index (κ1) is 15.6. The molecule has 0 aliphatic carbocycles. The predicted molar refractivity (Wildman–Crippen MR) is 97.3 cm³/mol. The molecule has 2 aliphatic heterocycles. The number of nitrogens with one attached hydrogen (secondary N) is 1. The van der Waals surface area contributed by atoms with Crippen LogP contribution in [-0.2, 0) is 4.74 Å². The highest BCUT2D eigenvalue weighted by molar-refractivity contribution is 6.12. The summed E-state index contributed by atoms with van der Waals surface area (Å²) in [7, 11) is 1.66. The third-order valence-corrected chi connectivity index (χ3v) is 4.29. The number of fused-ring (bicyclic) bond motifs is 1. The Morgan fingerprint density at radius 3 is 2.64 bits per heavy atom. The van der Waals surface area contributed by atoms with Crippen LogP contribution in [0.3, 0.4) is 0 Å². The van der Waals surface area contributed by atoms with Crippen LogP contribution in [0, 0.1) is 13.8 Å². The number of benzene rings is 1. The van der Waals surface area contributed by atoms with E-state index in [1.807, 2.05) is 37.3 Å². The minimum Gasteiger partial charge on any atom is -0.494 e. The summed E-state index contributed by atoms with van der Waals surface area (Å²) < 4.78 is 16.8. The van der Waals surface area contributed by atoms with Crippen LogP contribution in [0.2, 0.25) is 0 Å². The third kappa shape index (κ3) is 2.93. The van der Waals surface area contributed by atoms with Crippen molar-refractivity contribution in [1.29, 1.82) is 0 Å².